The van der Waals surface area contributed by atoms with Crippen molar-refractivity contribution in [3.8, 4) is 5.75 Å². The number of ether oxygens (including phenoxy) is 1. The Kier molecular flexibility index (Phi) is 5.45. The van der Waals surface area contributed by atoms with Crippen LogP contribution < -0.4 is 10.1 Å². The first kappa shape index (κ1) is 14.0. The average Bonchev–Trinajstić information content (AvgIpc) is 2.29. The van der Waals surface area contributed by atoms with E-state index in [0.717, 1.165) is 18.7 Å². The topological polar surface area (TPSA) is 41.5 Å². The van der Waals surface area contributed by atoms with Crippen molar-refractivity contribution in [3.05, 3.63) is 29.8 Å². The van der Waals surface area contributed by atoms with Crippen molar-refractivity contribution >= 4 is 0 Å². The molecule has 3 nitrogen and oxygen atoms in total. The summed E-state index contributed by atoms with van der Waals surface area (Å²) in [4.78, 5) is 0. The van der Waals surface area contributed by atoms with Crippen LogP contribution in [-0.2, 0) is 0 Å². The van der Waals surface area contributed by atoms with Crippen molar-refractivity contribution in [1.82, 2.24) is 5.32 Å². The van der Waals surface area contributed by atoms with E-state index in [-0.39, 0.29) is 0 Å². The highest BCUT2D eigenvalue weighted by Crippen LogP contribution is 2.11. The molecule has 1 aromatic carbocycles. The van der Waals surface area contributed by atoms with Crippen LogP contribution in [0.3, 0.4) is 0 Å². The third-order valence-electron chi connectivity index (χ3n) is 2.80. The fourth-order valence-electron chi connectivity index (χ4n) is 1.43. The van der Waals surface area contributed by atoms with E-state index < -0.39 is 5.60 Å². The molecule has 3 heteroatoms. The molecule has 0 aliphatic carbocycles. The number of aliphatic hydroxyl groups is 1. The number of aryl methyl sites for hydroxylation is 1. The summed E-state index contributed by atoms with van der Waals surface area (Å²) in [5, 5.41) is 13.0. The fourth-order valence-corrected chi connectivity index (χ4v) is 1.43. The first-order chi connectivity index (χ1) is 8.03. The van der Waals surface area contributed by atoms with Crippen LogP contribution >= 0.6 is 0 Å². The van der Waals surface area contributed by atoms with Crippen molar-refractivity contribution in [1.29, 1.82) is 0 Å². The molecule has 0 saturated heterocycles. The fraction of sp³-hybridized carbons (Fsp3) is 0.571. The highest BCUT2D eigenvalue weighted by molar-refractivity contribution is 5.27. The Bertz CT molecular complexity index is 337. The van der Waals surface area contributed by atoms with Crippen LogP contribution in [0.25, 0.3) is 0 Å². The van der Waals surface area contributed by atoms with E-state index in [4.69, 9.17) is 4.74 Å². The summed E-state index contributed by atoms with van der Waals surface area (Å²) in [6.45, 7) is 7.81. The van der Waals surface area contributed by atoms with Crippen LogP contribution in [0.4, 0.5) is 0 Å². The van der Waals surface area contributed by atoms with Gasteiger partial charge >= 0.3 is 0 Å². The second kappa shape index (κ2) is 6.62. The van der Waals surface area contributed by atoms with Crippen molar-refractivity contribution in [2.75, 3.05) is 19.7 Å². The Morgan fingerprint density at radius 3 is 2.82 bits per heavy atom. The van der Waals surface area contributed by atoms with Crippen molar-refractivity contribution in [2.24, 2.45) is 0 Å². The minimum Gasteiger partial charge on any atom is -0.492 e. The van der Waals surface area contributed by atoms with Gasteiger partial charge in [-0.2, -0.15) is 0 Å². The summed E-state index contributed by atoms with van der Waals surface area (Å²) < 4.78 is 5.59. The van der Waals surface area contributed by atoms with Crippen LogP contribution in [0.15, 0.2) is 24.3 Å². The molecule has 1 rings (SSSR count). The molecule has 0 amide bonds. The zero-order valence-electron chi connectivity index (χ0n) is 11.0. The van der Waals surface area contributed by atoms with Crippen molar-refractivity contribution < 1.29 is 9.84 Å². The minimum absolute atomic E-state index is 0.598. The molecule has 96 valence electrons. The molecule has 2 N–H and O–H groups in total. The molecule has 0 bridgehead atoms. The molecule has 1 atom stereocenters. The summed E-state index contributed by atoms with van der Waals surface area (Å²) in [7, 11) is 0. The standard InChI is InChI=1S/C14H23NO2/c1-4-14(3,16)11-15-8-9-17-13-7-5-6-12(2)10-13/h5-7,10,15-16H,4,8-9,11H2,1-3H3. The molecule has 0 spiro atoms. The molecule has 0 radical (unpaired) electrons. The third-order valence-corrected chi connectivity index (χ3v) is 2.80. The first-order valence-electron chi connectivity index (χ1n) is 6.16. The van der Waals surface area contributed by atoms with Gasteiger partial charge in [0.25, 0.3) is 0 Å². The van der Waals surface area contributed by atoms with Crippen LogP contribution in [0.1, 0.15) is 25.8 Å². The lowest BCUT2D eigenvalue weighted by atomic mass is 10.0. The quantitative estimate of drug-likeness (QED) is 0.714. The number of hydrogen-bond acceptors (Lipinski definition) is 3. The van der Waals surface area contributed by atoms with Crippen LogP contribution in [0, 0.1) is 6.92 Å². The van der Waals surface area contributed by atoms with Gasteiger partial charge in [-0.15, -0.1) is 0 Å². The smallest absolute Gasteiger partial charge is 0.119 e. The Morgan fingerprint density at radius 1 is 1.41 bits per heavy atom. The monoisotopic (exact) mass is 237 g/mol. The highest BCUT2D eigenvalue weighted by atomic mass is 16.5. The lowest BCUT2D eigenvalue weighted by molar-refractivity contribution is 0.0552. The Balaban J connectivity index is 2.17. The molecule has 1 unspecified atom stereocenters. The van der Waals surface area contributed by atoms with Crippen molar-refractivity contribution in [2.45, 2.75) is 32.8 Å². The van der Waals surface area contributed by atoms with E-state index in [1.54, 1.807) is 0 Å². The van der Waals surface area contributed by atoms with Gasteiger partial charge in [-0.1, -0.05) is 19.1 Å². The number of benzene rings is 1. The van der Waals surface area contributed by atoms with Crippen LogP contribution in [0.5, 0.6) is 5.75 Å². The average molecular weight is 237 g/mol. The van der Waals surface area contributed by atoms with E-state index in [0.29, 0.717) is 13.2 Å². The number of nitrogens with one attached hydrogen (secondary N) is 1. The number of hydrogen-bond donors (Lipinski definition) is 2. The van der Waals surface area contributed by atoms with Gasteiger partial charge in [0.15, 0.2) is 0 Å². The summed E-state index contributed by atoms with van der Waals surface area (Å²) in [6, 6.07) is 8.00. The highest BCUT2D eigenvalue weighted by Gasteiger charge is 2.15. The molecule has 0 aliphatic rings. The zero-order chi connectivity index (χ0) is 12.7. The maximum absolute atomic E-state index is 9.77. The van der Waals surface area contributed by atoms with Crippen LogP contribution in [-0.4, -0.2) is 30.4 Å². The van der Waals surface area contributed by atoms with E-state index in [1.165, 1.54) is 5.56 Å². The normalized spacial score (nSPS) is 14.4. The zero-order valence-corrected chi connectivity index (χ0v) is 11.0. The molecule has 1 aromatic rings. The second-order valence-corrected chi connectivity index (χ2v) is 4.69. The Hall–Kier alpha value is -1.06. The van der Waals surface area contributed by atoms with Gasteiger partial charge in [-0.25, -0.2) is 0 Å². The second-order valence-electron chi connectivity index (χ2n) is 4.69. The van der Waals surface area contributed by atoms with Gasteiger partial charge in [-0.3, -0.25) is 0 Å². The molecule has 0 saturated carbocycles. The van der Waals surface area contributed by atoms with E-state index in [1.807, 2.05) is 45.0 Å². The molecule has 17 heavy (non-hydrogen) atoms. The van der Waals surface area contributed by atoms with Gasteiger partial charge in [0.2, 0.25) is 0 Å². The molecular formula is C14H23NO2. The van der Waals surface area contributed by atoms with Gasteiger partial charge in [0.1, 0.15) is 12.4 Å². The Morgan fingerprint density at radius 2 is 2.18 bits per heavy atom. The summed E-state index contributed by atoms with van der Waals surface area (Å²) in [5.74, 6) is 0.897. The molecule has 0 aliphatic heterocycles. The number of rotatable bonds is 7. The molecule has 0 heterocycles. The molecule has 0 aromatic heterocycles. The summed E-state index contributed by atoms with van der Waals surface area (Å²) in [6.07, 6.45) is 0.749. The van der Waals surface area contributed by atoms with Gasteiger partial charge in [0.05, 0.1) is 5.60 Å². The predicted molar refractivity (Wildman–Crippen MR) is 70.5 cm³/mol. The van der Waals surface area contributed by atoms with E-state index in [2.05, 4.69) is 5.32 Å². The minimum atomic E-state index is -0.622. The summed E-state index contributed by atoms with van der Waals surface area (Å²) in [5.41, 5.74) is 0.577. The van der Waals surface area contributed by atoms with Gasteiger partial charge in [-0.05, 0) is 38.0 Å². The maximum atomic E-state index is 9.77. The SMILES string of the molecule is CCC(C)(O)CNCCOc1cccc(C)c1. The largest absolute Gasteiger partial charge is 0.492 e. The third kappa shape index (κ3) is 5.71. The molecule has 0 fully saturated rings. The first-order valence-corrected chi connectivity index (χ1v) is 6.16. The summed E-state index contributed by atoms with van der Waals surface area (Å²) >= 11 is 0. The van der Waals surface area contributed by atoms with Gasteiger partial charge < -0.3 is 15.2 Å². The predicted octanol–water partition coefficient (Wildman–Crippen LogP) is 2.12. The van der Waals surface area contributed by atoms with Crippen molar-refractivity contribution in [3.63, 3.8) is 0 Å². The maximum Gasteiger partial charge on any atom is 0.119 e. The lowest BCUT2D eigenvalue weighted by Gasteiger charge is -2.21. The van der Waals surface area contributed by atoms with Crippen LogP contribution in [0.2, 0.25) is 0 Å². The van der Waals surface area contributed by atoms with Gasteiger partial charge in [0, 0.05) is 13.1 Å². The van der Waals surface area contributed by atoms with E-state index >= 15 is 0 Å². The lowest BCUT2D eigenvalue weighted by Crippen LogP contribution is -2.38. The van der Waals surface area contributed by atoms with E-state index in [9.17, 15) is 5.11 Å². The Labute approximate surface area is 104 Å². The molecular weight excluding hydrogens is 214 g/mol.